The minimum absolute atomic E-state index is 0. The molecule has 7 nitrogen and oxygen atoms in total. The van der Waals surface area contributed by atoms with Crippen molar-refractivity contribution >= 4 is 39.1 Å². The molecule has 0 aliphatic rings. The maximum absolute atomic E-state index is 10.7. The summed E-state index contributed by atoms with van der Waals surface area (Å²) in [5.74, 6) is -0.560. The molecule has 0 aromatic heterocycles. The number of aromatic hydroxyl groups is 1. The first-order chi connectivity index (χ1) is 6.62. The van der Waals surface area contributed by atoms with Gasteiger partial charge in [0.15, 0.2) is 0 Å². The van der Waals surface area contributed by atoms with Gasteiger partial charge in [0, 0.05) is 6.07 Å². The van der Waals surface area contributed by atoms with Crippen LogP contribution in [0.1, 0.15) is 0 Å². The van der Waals surface area contributed by atoms with Crippen LogP contribution >= 0.6 is 0 Å². The van der Waals surface area contributed by atoms with Crippen LogP contribution in [0, 0.1) is 0 Å². The molecule has 0 aliphatic carbocycles. The van der Waals surface area contributed by atoms with Gasteiger partial charge in [-0.15, -0.1) is 0 Å². The molecular weight excluding hydrogens is 255 g/mol. The molecule has 0 heterocycles. The molecule has 1 aromatic carbocycles. The van der Waals surface area contributed by atoms with Crippen molar-refractivity contribution in [1.82, 2.24) is 0 Å². The van der Waals surface area contributed by atoms with Crippen molar-refractivity contribution in [3.8, 4) is 5.75 Å². The molecule has 0 atom stereocenters. The van der Waals surface area contributed by atoms with Crippen LogP contribution in [0.4, 0.5) is 0 Å². The quantitative estimate of drug-likeness (QED) is 0.471. The third-order valence-corrected chi connectivity index (χ3v) is 3.42. The van der Waals surface area contributed by atoms with Crippen LogP contribution in [-0.4, -0.2) is 49.9 Å². The van der Waals surface area contributed by atoms with E-state index in [0.29, 0.717) is 12.1 Å². The summed E-state index contributed by atoms with van der Waals surface area (Å²) in [4.78, 5) is -2.08. The molecular formula is C6H7LiO7S2. The third-order valence-electron chi connectivity index (χ3n) is 1.48. The second-order valence-corrected chi connectivity index (χ2v) is 5.36. The number of hydrogen-bond donors (Lipinski definition) is 3. The van der Waals surface area contributed by atoms with E-state index in [1.54, 1.807) is 0 Å². The van der Waals surface area contributed by atoms with Gasteiger partial charge in [0.1, 0.15) is 15.5 Å². The molecule has 3 N–H and O–H groups in total. The van der Waals surface area contributed by atoms with Crippen LogP contribution in [0.25, 0.3) is 0 Å². The Morgan fingerprint density at radius 1 is 0.875 bits per heavy atom. The molecule has 0 saturated carbocycles. The van der Waals surface area contributed by atoms with Gasteiger partial charge in [0.05, 0.1) is 0 Å². The monoisotopic (exact) mass is 262 g/mol. The van der Waals surface area contributed by atoms with Crippen LogP contribution in [0.15, 0.2) is 28.0 Å². The fourth-order valence-corrected chi connectivity index (χ4v) is 2.69. The van der Waals surface area contributed by atoms with E-state index in [1.807, 2.05) is 0 Å². The summed E-state index contributed by atoms with van der Waals surface area (Å²) in [7, 11) is -9.62. The number of benzene rings is 1. The molecule has 1 rings (SSSR count). The first-order valence-electron chi connectivity index (χ1n) is 3.40. The zero-order valence-electron chi connectivity index (χ0n) is 7.02. The summed E-state index contributed by atoms with van der Waals surface area (Å²) in [6.45, 7) is 0. The Hall–Kier alpha value is -0.563. The van der Waals surface area contributed by atoms with E-state index in [9.17, 15) is 16.8 Å². The molecule has 0 bridgehead atoms. The van der Waals surface area contributed by atoms with Crippen molar-refractivity contribution in [2.45, 2.75) is 9.79 Å². The fraction of sp³-hybridized carbons (Fsp3) is 0. The van der Waals surface area contributed by atoms with Gasteiger partial charge in [-0.3, -0.25) is 9.11 Å². The number of phenols is 1. The molecule has 1 aromatic rings. The number of hydrogen-bond acceptors (Lipinski definition) is 5. The van der Waals surface area contributed by atoms with Crippen molar-refractivity contribution in [2.75, 3.05) is 0 Å². The summed E-state index contributed by atoms with van der Waals surface area (Å²) >= 11 is 0. The molecule has 86 valence electrons. The molecule has 0 spiro atoms. The molecule has 0 saturated heterocycles. The van der Waals surface area contributed by atoms with E-state index < -0.39 is 35.8 Å². The summed E-state index contributed by atoms with van der Waals surface area (Å²) in [6.07, 6.45) is 0. The second-order valence-electron chi connectivity index (χ2n) is 2.58. The van der Waals surface area contributed by atoms with Crippen molar-refractivity contribution in [3.63, 3.8) is 0 Å². The summed E-state index contributed by atoms with van der Waals surface area (Å²) in [6, 6.07) is 2.03. The third kappa shape index (κ3) is 3.48. The predicted octanol–water partition coefficient (Wildman–Crippen LogP) is -0.763. The fourth-order valence-electron chi connectivity index (χ4n) is 0.911. The Labute approximate surface area is 104 Å². The van der Waals surface area contributed by atoms with Gasteiger partial charge in [-0.1, -0.05) is 0 Å². The molecule has 0 amide bonds. The first kappa shape index (κ1) is 15.4. The van der Waals surface area contributed by atoms with Crippen molar-refractivity contribution < 1.29 is 31.0 Å². The van der Waals surface area contributed by atoms with E-state index in [4.69, 9.17) is 14.2 Å². The Kier molecular flexibility index (Phi) is 4.58. The average Bonchev–Trinajstić information content (AvgIpc) is 2.00. The van der Waals surface area contributed by atoms with Gasteiger partial charge in [-0.05, 0) is 12.1 Å². The maximum atomic E-state index is 10.7. The van der Waals surface area contributed by atoms with E-state index in [1.165, 1.54) is 0 Å². The van der Waals surface area contributed by atoms with E-state index >= 15 is 0 Å². The normalized spacial score (nSPS) is 11.9. The van der Waals surface area contributed by atoms with E-state index in [0.717, 1.165) is 6.07 Å². The number of rotatable bonds is 2. The Morgan fingerprint density at radius 2 is 1.31 bits per heavy atom. The van der Waals surface area contributed by atoms with Crippen molar-refractivity contribution in [2.24, 2.45) is 0 Å². The molecule has 16 heavy (non-hydrogen) atoms. The van der Waals surface area contributed by atoms with Gasteiger partial charge < -0.3 is 5.11 Å². The number of phenolic OH excluding ortho intramolecular Hbond substituents is 1. The summed E-state index contributed by atoms with van der Waals surface area (Å²) in [5, 5.41) is 8.91. The van der Waals surface area contributed by atoms with Gasteiger partial charge >= 0.3 is 18.9 Å². The van der Waals surface area contributed by atoms with Crippen molar-refractivity contribution in [1.29, 1.82) is 0 Å². The molecule has 0 unspecified atom stereocenters. The van der Waals surface area contributed by atoms with E-state index in [2.05, 4.69) is 0 Å². The van der Waals surface area contributed by atoms with Crippen LogP contribution in [0.3, 0.4) is 0 Å². The summed E-state index contributed by atoms with van der Waals surface area (Å²) < 4.78 is 60.1. The molecule has 0 fully saturated rings. The van der Waals surface area contributed by atoms with Gasteiger partial charge in [-0.25, -0.2) is 0 Å². The van der Waals surface area contributed by atoms with Gasteiger partial charge in [-0.2, -0.15) is 16.8 Å². The van der Waals surface area contributed by atoms with Crippen LogP contribution in [-0.2, 0) is 20.2 Å². The zero-order valence-corrected chi connectivity index (χ0v) is 8.66. The molecule has 0 radical (unpaired) electrons. The predicted molar refractivity (Wildman–Crippen MR) is 54.9 cm³/mol. The first-order valence-corrected chi connectivity index (χ1v) is 6.28. The average molecular weight is 262 g/mol. The SMILES string of the molecule is O=S(=O)(O)c1ccc(O)cc1S(=O)(=O)O.[LiH]. The second kappa shape index (κ2) is 4.75. The zero-order chi connectivity index (χ0) is 11.9. The van der Waals surface area contributed by atoms with Crippen LogP contribution < -0.4 is 0 Å². The van der Waals surface area contributed by atoms with Gasteiger partial charge in [0.25, 0.3) is 20.2 Å². The Balaban J connectivity index is 0.00000225. The molecule has 10 heteroatoms. The topological polar surface area (TPSA) is 129 Å². The van der Waals surface area contributed by atoms with Crippen molar-refractivity contribution in [3.05, 3.63) is 18.2 Å². The Bertz CT molecular complexity index is 589. The van der Waals surface area contributed by atoms with Gasteiger partial charge in [0.2, 0.25) is 0 Å². The standard InChI is InChI=1S/C6H6O7S2.Li.H/c7-4-1-2-5(14(8,9)10)6(3-4)15(11,12)13;;/h1-3,7H,(H,8,9,10)(H,11,12,13);;. The van der Waals surface area contributed by atoms with E-state index in [-0.39, 0.29) is 18.9 Å². The summed E-state index contributed by atoms with van der Waals surface area (Å²) in [5.41, 5.74) is 0. The molecule has 0 aliphatic heterocycles. The Morgan fingerprint density at radius 3 is 1.69 bits per heavy atom. The minimum atomic E-state index is -4.84. The van der Waals surface area contributed by atoms with Crippen LogP contribution in [0.5, 0.6) is 5.75 Å². The van der Waals surface area contributed by atoms with Crippen LogP contribution in [0.2, 0.25) is 0 Å².